The number of aromatic nitrogens is 2. The maximum Gasteiger partial charge on any atom is 0.355 e. The number of hydrogen-bond acceptors (Lipinski definition) is 4. The van der Waals surface area contributed by atoms with E-state index in [-0.39, 0.29) is 33.3 Å². The minimum absolute atomic E-state index is 0.160. The molecular formula is C16H19N2O4P. The fraction of sp³-hybridized carbons (Fsp3) is 0.438. The van der Waals surface area contributed by atoms with Crippen molar-refractivity contribution < 1.29 is 19.0 Å². The number of hydrogen-bond donors (Lipinski definition) is 0. The quantitative estimate of drug-likeness (QED) is 0.639. The molecule has 0 saturated carbocycles. The van der Waals surface area contributed by atoms with Gasteiger partial charge >= 0.3 is 5.97 Å². The van der Waals surface area contributed by atoms with Crippen LogP contribution in [0, 0.1) is 0 Å². The number of esters is 1. The van der Waals surface area contributed by atoms with Crippen molar-refractivity contribution in [3.63, 3.8) is 0 Å². The SMILES string of the molecule is CCOC(=O)c1ccc2n1Pn1c(C3OC(C)O3)ccc1C2C. The van der Waals surface area contributed by atoms with Crippen LogP contribution in [0.2, 0.25) is 0 Å². The number of carbonyl (C=O) groups excluding carboxylic acids is 1. The minimum Gasteiger partial charge on any atom is -0.461 e. The lowest BCUT2D eigenvalue weighted by Gasteiger charge is -2.35. The largest absolute Gasteiger partial charge is 0.461 e. The number of ether oxygens (including phenoxy) is 3. The molecule has 2 aromatic rings. The monoisotopic (exact) mass is 334 g/mol. The van der Waals surface area contributed by atoms with E-state index in [1.54, 1.807) is 0 Å². The Balaban J connectivity index is 1.71. The van der Waals surface area contributed by atoms with Crippen molar-refractivity contribution in [3.8, 4) is 0 Å². The second-order valence-corrected chi connectivity index (χ2v) is 6.81. The second kappa shape index (κ2) is 5.48. The molecule has 0 N–H and O–H groups in total. The highest BCUT2D eigenvalue weighted by Crippen LogP contribution is 2.45. The molecule has 2 aliphatic heterocycles. The third-order valence-electron chi connectivity index (χ3n) is 4.30. The van der Waals surface area contributed by atoms with Gasteiger partial charge in [0.05, 0.1) is 21.2 Å². The third kappa shape index (κ3) is 2.24. The highest BCUT2D eigenvalue weighted by molar-refractivity contribution is 7.34. The van der Waals surface area contributed by atoms with Crippen molar-refractivity contribution in [1.29, 1.82) is 0 Å². The summed E-state index contributed by atoms with van der Waals surface area (Å²) >= 11 is 0. The maximum absolute atomic E-state index is 12.2. The molecule has 0 spiro atoms. The normalized spacial score (nSPS) is 26.5. The molecule has 2 aliphatic rings. The average Bonchev–Trinajstić information content (AvgIpc) is 3.09. The van der Waals surface area contributed by atoms with Crippen LogP contribution in [-0.4, -0.2) is 27.5 Å². The lowest BCUT2D eigenvalue weighted by Crippen LogP contribution is -2.33. The molecule has 0 aromatic carbocycles. The van der Waals surface area contributed by atoms with Gasteiger partial charge in [0.15, 0.2) is 6.29 Å². The van der Waals surface area contributed by atoms with Crippen molar-refractivity contribution in [3.05, 3.63) is 47.0 Å². The summed E-state index contributed by atoms with van der Waals surface area (Å²) in [7, 11) is 0.268. The standard InChI is InChI=1S/C16H19N2O4P/c1-4-20-15(19)13-7-5-11-9(2)12-6-8-14(16-21-10(3)22-16)18(12)23-17(11)13/h5-10,16,23H,4H2,1-3H3. The zero-order valence-electron chi connectivity index (χ0n) is 13.3. The summed E-state index contributed by atoms with van der Waals surface area (Å²) in [5.74, 6) is -0.0777. The van der Waals surface area contributed by atoms with Gasteiger partial charge in [-0.1, -0.05) is 6.92 Å². The van der Waals surface area contributed by atoms with Gasteiger partial charge in [0, 0.05) is 17.3 Å². The predicted octanol–water partition coefficient (Wildman–Crippen LogP) is 3.23. The van der Waals surface area contributed by atoms with Gasteiger partial charge in [-0.25, -0.2) is 4.79 Å². The Labute approximate surface area is 136 Å². The van der Waals surface area contributed by atoms with Gasteiger partial charge < -0.3 is 22.9 Å². The first-order valence-corrected chi connectivity index (χ1v) is 8.68. The molecule has 0 aliphatic carbocycles. The van der Waals surface area contributed by atoms with Crippen LogP contribution >= 0.6 is 8.88 Å². The van der Waals surface area contributed by atoms with Crippen LogP contribution in [0.25, 0.3) is 0 Å². The van der Waals surface area contributed by atoms with E-state index < -0.39 is 0 Å². The fourth-order valence-electron chi connectivity index (χ4n) is 3.12. The predicted molar refractivity (Wildman–Crippen MR) is 85.8 cm³/mol. The van der Waals surface area contributed by atoms with E-state index in [9.17, 15) is 4.79 Å². The van der Waals surface area contributed by atoms with Crippen molar-refractivity contribution in [1.82, 2.24) is 8.68 Å². The van der Waals surface area contributed by atoms with Crippen LogP contribution in [0.1, 0.15) is 60.5 Å². The molecule has 2 aromatic heterocycles. The Morgan fingerprint density at radius 1 is 1.13 bits per heavy atom. The lowest BCUT2D eigenvalue weighted by atomic mass is 10.1. The topological polar surface area (TPSA) is 54.6 Å². The summed E-state index contributed by atoms with van der Waals surface area (Å²) in [5, 5.41) is 0. The van der Waals surface area contributed by atoms with Crippen molar-refractivity contribution in [2.45, 2.75) is 39.3 Å². The maximum atomic E-state index is 12.2. The Bertz CT molecular complexity index is 760. The summed E-state index contributed by atoms with van der Waals surface area (Å²) in [4.78, 5) is 12.2. The molecule has 2 atom stereocenters. The van der Waals surface area contributed by atoms with Crippen LogP contribution in [0.3, 0.4) is 0 Å². The molecule has 0 amide bonds. The molecule has 2 unspecified atom stereocenters. The molecule has 4 heterocycles. The smallest absolute Gasteiger partial charge is 0.355 e. The molecule has 1 fully saturated rings. The summed E-state index contributed by atoms with van der Waals surface area (Å²) in [6.45, 7) is 6.21. The van der Waals surface area contributed by atoms with E-state index in [1.807, 2.05) is 36.4 Å². The van der Waals surface area contributed by atoms with Crippen molar-refractivity contribution in [2.24, 2.45) is 0 Å². The van der Waals surface area contributed by atoms with Gasteiger partial charge in [0.25, 0.3) is 0 Å². The van der Waals surface area contributed by atoms with E-state index in [0.717, 1.165) is 11.4 Å². The van der Waals surface area contributed by atoms with Crippen LogP contribution in [0.5, 0.6) is 0 Å². The molecule has 122 valence electrons. The number of rotatable bonds is 3. The van der Waals surface area contributed by atoms with Gasteiger partial charge in [0.1, 0.15) is 5.69 Å². The molecule has 0 bridgehead atoms. The summed E-state index contributed by atoms with van der Waals surface area (Å²) in [6, 6.07) is 8.02. The van der Waals surface area contributed by atoms with E-state index in [4.69, 9.17) is 14.2 Å². The van der Waals surface area contributed by atoms with Gasteiger partial charge in [-0.15, -0.1) is 0 Å². The van der Waals surface area contributed by atoms with Crippen LogP contribution < -0.4 is 0 Å². The van der Waals surface area contributed by atoms with Crippen molar-refractivity contribution in [2.75, 3.05) is 6.61 Å². The Hall–Kier alpha value is -1.62. The van der Waals surface area contributed by atoms with Crippen LogP contribution in [-0.2, 0) is 14.2 Å². The highest BCUT2D eigenvalue weighted by atomic mass is 31.1. The lowest BCUT2D eigenvalue weighted by molar-refractivity contribution is -0.384. The average molecular weight is 334 g/mol. The number of carbonyl (C=O) groups is 1. The summed E-state index contributed by atoms with van der Waals surface area (Å²) in [5.41, 5.74) is 3.94. The zero-order valence-corrected chi connectivity index (χ0v) is 14.3. The third-order valence-corrected chi connectivity index (χ3v) is 5.71. The summed E-state index contributed by atoms with van der Waals surface area (Å²) in [6.07, 6.45) is -0.477. The van der Waals surface area contributed by atoms with Gasteiger partial charge in [0.2, 0.25) is 6.29 Å². The molecule has 1 saturated heterocycles. The zero-order chi connectivity index (χ0) is 16.1. The van der Waals surface area contributed by atoms with E-state index in [2.05, 4.69) is 17.3 Å². The van der Waals surface area contributed by atoms with Crippen LogP contribution in [0.4, 0.5) is 0 Å². The first-order valence-electron chi connectivity index (χ1n) is 7.78. The Morgan fingerprint density at radius 3 is 2.48 bits per heavy atom. The number of fused-ring (bicyclic) bond motifs is 2. The van der Waals surface area contributed by atoms with E-state index >= 15 is 0 Å². The fourth-order valence-corrected chi connectivity index (χ4v) is 4.66. The summed E-state index contributed by atoms with van der Waals surface area (Å²) < 4.78 is 20.7. The molecule has 7 heteroatoms. The molecule has 0 radical (unpaired) electrons. The van der Waals surface area contributed by atoms with E-state index in [1.165, 1.54) is 5.69 Å². The molecule has 6 nitrogen and oxygen atoms in total. The Morgan fingerprint density at radius 2 is 1.78 bits per heavy atom. The van der Waals surface area contributed by atoms with Gasteiger partial charge in [-0.2, -0.15) is 0 Å². The Kier molecular flexibility index (Phi) is 3.56. The molecular weight excluding hydrogens is 315 g/mol. The van der Waals surface area contributed by atoms with E-state index in [0.29, 0.717) is 12.3 Å². The first-order chi connectivity index (χ1) is 11.1. The molecule has 23 heavy (non-hydrogen) atoms. The van der Waals surface area contributed by atoms with Gasteiger partial charge in [-0.05, 0) is 38.1 Å². The minimum atomic E-state index is -0.318. The molecule has 4 rings (SSSR count). The van der Waals surface area contributed by atoms with Crippen LogP contribution in [0.15, 0.2) is 24.3 Å². The first kappa shape index (κ1) is 14.9. The number of nitrogens with zero attached hydrogens (tertiary/aromatic N) is 2. The second-order valence-electron chi connectivity index (χ2n) is 5.71. The highest BCUT2D eigenvalue weighted by Gasteiger charge is 2.35. The van der Waals surface area contributed by atoms with Crippen molar-refractivity contribution >= 4 is 14.9 Å². The van der Waals surface area contributed by atoms with Gasteiger partial charge in [-0.3, -0.25) is 0 Å².